The molecule has 1 heteroatoms. The summed E-state index contributed by atoms with van der Waals surface area (Å²) in [6.45, 7) is 8.56. The third kappa shape index (κ3) is 4.80. The maximum Gasteiger partial charge on any atom is 0.0545 e. The van der Waals surface area contributed by atoms with Gasteiger partial charge in [-0.05, 0) is 44.6 Å². The lowest BCUT2D eigenvalue weighted by molar-refractivity contribution is 0.139. The number of benzene rings is 1. The van der Waals surface area contributed by atoms with Crippen LogP contribution in [0.4, 0.5) is 0 Å². The summed E-state index contributed by atoms with van der Waals surface area (Å²) in [5.74, 6) is 0.578. The standard InChI is InChI=1S/C15H24O/c1-11(2)7-15(16)6-5-14-9-12(3)8-13(4)10-14/h8-11,15-16H,5-7H2,1-4H3. The molecule has 1 aromatic carbocycles. The van der Waals surface area contributed by atoms with Gasteiger partial charge in [0, 0.05) is 0 Å². The SMILES string of the molecule is Cc1cc(C)cc(CCC(O)CC(C)C)c1. The second kappa shape index (κ2) is 6.05. The van der Waals surface area contributed by atoms with Crippen molar-refractivity contribution >= 4 is 0 Å². The van der Waals surface area contributed by atoms with Crippen LogP contribution in [0.1, 0.15) is 43.4 Å². The van der Waals surface area contributed by atoms with Gasteiger partial charge >= 0.3 is 0 Å². The largest absolute Gasteiger partial charge is 0.393 e. The van der Waals surface area contributed by atoms with Crippen LogP contribution in [0.25, 0.3) is 0 Å². The van der Waals surface area contributed by atoms with E-state index in [0.29, 0.717) is 5.92 Å². The molecule has 1 nitrogen and oxygen atoms in total. The maximum absolute atomic E-state index is 9.82. The van der Waals surface area contributed by atoms with E-state index in [9.17, 15) is 5.11 Å². The Hall–Kier alpha value is -0.820. The predicted octanol–water partition coefficient (Wildman–Crippen LogP) is 3.64. The Balaban J connectivity index is 2.48. The van der Waals surface area contributed by atoms with E-state index in [-0.39, 0.29) is 6.10 Å². The van der Waals surface area contributed by atoms with E-state index in [1.165, 1.54) is 16.7 Å². The van der Waals surface area contributed by atoms with Crippen LogP contribution in [-0.4, -0.2) is 11.2 Å². The number of hydrogen-bond acceptors (Lipinski definition) is 1. The van der Waals surface area contributed by atoms with Gasteiger partial charge in [-0.1, -0.05) is 43.2 Å². The normalized spacial score (nSPS) is 13.1. The highest BCUT2D eigenvalue weighted by Gasteiger charge is 2.07. The molecule has 0 aliphatic heterocycles. The summed E-state index contributed by atoms with van der Waals surface area (Å²) in [7, 11) is 0. The fourth-order valence-electron chi connectivity index (χ4n) is 2.21. The minimum Gasteiger partial charge on any atom is -0.393 e. The molecule has 0 saturated heterocycles. The molecule has 16 heavy (non-hydrogen) atoms. The lowest BCUT2D eigenvalue weighted by atomic mass is 9.98. The smallest absolute Gasteiger partial charge is 0.0545 e. The van der Waals surface area contributed by atoms with Crippen molar-refractivity contribution in [1.29, 1.82) is 0 Å². The first kappa shape index (κ1) is 13.2. The molecule has 0 fully saturated rings. The average Bonchev–Trinajstić information content (AvgIpc) is 2.12. The summed E-state index contributed by atoms with van der Waals surface area (Å²) in [5.41, 5.74) is 3.97. The molecule has 1 N–H and O–H groups in total. The lowest BCUT2D eigenvalue weighted by Gasteiger charge is -2.13. The van der Waals surface area contributed by atoms with Crippen LogP contribution in [-0.2, 0) is 6.42 Å². The van der Waals surface area contributed by atoms with Gasteiger partial charge < -0.3 is 5.11 Å². The van der Waals surface area contributed by atoms with Crippen molar-refractivity contribution in [2.45, 2.75) is 53.1 Å². The van der Waals surface area contributed by atoms with Gasteiger partial charge in [0.15, 0.2) is 0 Å². The second-order valence-corrected chi connectivity index (χ2v) is 5.32. The number of aryl methyl sites for hydroxylation is 3. The molecule has 1 atom stereocenters. The van der Waals surface area contributed by atoms with Crippen molar-refractivity contribution in [2.75, 3.05) is 0 Å². The molecule has 0 aliphatic rings. The van der Waals surface area contributed by atoms with E-state index in [2.05, 4.69) is 45.9 Å². The number of hydrogen-bond donors (Lipinski definition) is 1. The van der Waals surface area contributed by atoms with E-state index >= 15 is 0 Å². The van der Waals surface area contributed by atoms with Crippen molar-refractivity contribution in [3.05, 3.63) is 34.9 Å². The van der Waals surface area contributed by atoms with E-state index in [0.717, 1.165) is 19.3 Å². The van der Waals surface area contributed by atoms with Crippen molar-refractivity contribution < 1.29 is 5.11 Å². The van der Waals surface area contributed by atoms with Gasteiger partial charge in [-0.2, -0.15) is 0 Å². The van der Waals surface area contributed by atoms with Crippen molar-refractivity contribution in [2.24, 2.45) is 5.92 Å². The Morgan fingerprint density at radius 2 is 1.62 bits per heavy atom. The van der Waals surface area contributed by atoms with Gasteiger partial charge in [0.1, 0.15) is 0 Å². The molecule has 90 valence electrons. The number of aliphatic hydroxyl groups is 1. The van der Waals surface area contributed by atoms with E-state index in [1.54, 1.807) is 0 Å². The summed E-state index contributed by atoms with van der Waals surface area (Å²) in [4.78, 5) is 0. The van der Waals surface area contributed by atoms with E-state index in [1.807, 2.05) is 0 Å². The topological polar surface area (TPSA) is 20.2 Å². The maximum atomic E-state index is 9.82. The second-order valence-electron chi connectivity index (χ2n) is 5.32. The third-order valence-corrected chi connectivity index (χ3v) is 2.79. The van der Waals surface area contributed by atoms with E-state index < -0.39 is 0 Å². The average molecular weight is 220 g/mol. The third-order valence-electron chi connectivity index (χ3n) is 2.79. The summed E-state index contributed by atoms with van der Waals surface area (Å²) < 4.78 is 0. The minimum atomic E-state index is -0.152. The fourth-order valence-corrected chi connectivity index (χ4v) is 2.21. The molecule has 1 rings (SSSR count). The molecule has 0 aromatic heterocycles. The first-order valence-electron chi connectivity index (χ1n) is 6.22. The zero-order valence-electron chi connectivity index (χ0n) is 11.0. The predicted molar refractivity (Wildman–Crippen MR) is 69.7 cm³/mol. The molecular formula is C15H24O. The van der Waals surface area contributed by atoms with Gasteiger partial charge in [0.05, 0.1) is 6.10 Å². The van der Waals surface area contributed by atoms with Crippen molar-refractivity contribution in [1.82, 2.24) is 0 Å². The first-order chi connectivity index (χ1) is 7.47. The Kier molecular flexibility index (Phi) is 5.01. The van der Waals surface area contributed by atoms with Crippen LogP contribution in [0.2, 0.25) is 0 Å². The van der Waals surface area contributed by atoms with E-state index in [4.69, 9.17) is 0 Å². The molecule has 0 amide bonds. The highest BCUT2D eigenvalue weighted by atomic mass is 16.3. The lowest BCUT2D eigenvalue weighted by Crippen LogP contribution is -2.11. The van der Waals surface area contributed by atoms with Crippen LogP contribution in [0.15, 0.2) is 18.2 Å². The molecule has 1 aromatic rings. The van der Waals surface area contributed by atoms with Gasteiger partial charge in [0.25, 0.3) is 0 Å². The zero-order valence-corrected chi connectivity index (χ0v) is 11.0. The van der Waals surface area contributed by atoms with Crippen LogP contribution < -0.4 is 0 Å². The monoisotopic (exact) mass is 220 g/mol. The van der Waals surface area contributed by atoms with Crippen molar-refractivity contribution in [3.63, 3.8) is 0 Å². The zero-order chi connectivity index (χ0) is 12.1. The molecule has 0 bridgehead atoms. The fraction of sp³-hybridized carbons (Fsp3) is 0.600. The highest BCUT2D eigenvalue weighted by molar-refractivity contribution is 5.28. The van der Waals surface area contributed by atoms with Gasteiger partial charge in [0.2, 0.25) is 0 Å². The summed E-state index contributed by atoms with van der Waals surface area (Å²) in [5, 5.41) is 9.82. The van der Waals surface area contributed by atoms with Crippen LogP contribution >= 0.6 is 0 Å². The molecule has 0 aliphatic carbocycles. The Bertz CT molecular complexity index is 308. The molecule has 1 unspecified atom stereocenters. The number of aliphatic hydroxyl groups excluding tert-OH is 1. The summed E-state index contributed by atoms with van der Waals surface area (Å²) in [6.07, 6.45) is 2.61. The van der Waals surface area contributed by atoms with Crippen LogP contribution in [0, 0.1) is 19.8 Å². The van der Waals surface area contributed by atoms with Gasteiger partial charge in [-0.25, -0.2) is 0 Å². The van der Waals surface area contributed by atoms with Gasteiger partial charge in [-0.3, -0.25) is 0 Å². The minimum absolute atomic E-state index is 0.152. The molecule has 0 heterocycles. The van der Waals surface area contributed by atoms with Crippen LogP contribution in [0.5, 0.6) is 0 Å². The molecule has 0 saturated carbocycles. The quantitative estimate of drug-likeness (QED) is 0.803. The van der Waals surface area contributed by atoms with Crippen LogP contribution in [0.3, 0.4) is 0 Å². The number of rotatable bonds is 5. The van der Waals surface area contributed by atoms with Crippen molar-refractivity contribution in [3.8, 4) is 0 Å². The molecule has 0 radical (unpaired) electrons. The Morgan fingerprint density at radius 1 is 1.06 bits per heavy atom. The molecular weight excluding hydrogens is 196 g/mol. The highest BCUT2D eigenvalue weighted by Crippen LogP contribution is 2.14. The summed E-state index contributed by atoms with van der Waals surface area (Å²) in [6, 6.07) is 6.62. The summed E-state index contributed by atoms with van der Waals surface area (Å²) >= 11 is 0. The van der Waals surface area contributed by atoms with Gasteiger partial charge in [-0.15, -0.1) is 0 Å². The first-order valence-corrected chi connectivity index (χ1v) is 6.22. The Labute approximate surface area is 99.5 Å². The molecule has 0 spiro atoms. The Morgan fingerprint density at radius 3 is 2.12 bits per heavy atom.